The molecule has 2 N–H and O–H groups in total. The van der Waals surface area contributed by atoms with Crippen molar-refractivity contribution in [3.63, 3.8) is 0 Å². The maximum Gasteiger partial charge on any atom is 0.297 e. The number of nitrogens with zero attached hydrogens (tertiary/aromatic N) is 3. The van der Waals surface area contributed by atoms with E-state index in [-0.39, 0.29) is 5.84 Å². The molecule has 3 aromatic carbocycles. The molecule has 0 aliphatic heterocycles. The molecule has 0 heterocycles. The monoisotopic (exact) mass is 513 g/mol. The fraction of sp³-hybridized carbons (Fsp3) is 0. The molecule has 0 aromatic heterocycles. The van der Waals surface area contributed by atoms with Crippen molar-refractivity contribution in [3.8, 4) is 0 Å². The number of halogens is 5. The van der Waals surface area contributed by atoms with Crippen molar-refractivity contribution < 1.29 is 4.79 Å². The average molecular weight is 516 g/mol. The lowest BCUT2D eigenvalue weighted by molar-refractivity contribution is -0.110. The number of benzene rings is 3. The summed E-state index contributed by atoms with van der Waals surface area (Å²) >= 11 is 29.7. The molecule has 0 bridgehead atoms. The molecular formula is C20H12Cl5N5O. The smallest absolute Gasteiger partial charge is 0.297 e. The van der Waals surface area contributed by atoms with Gasteiger partial charge in [-0.05, 0) is 60.7 Å². The molecule has 11 heteroatoms. The van der Waals surface area contributed by atoms with Crippen molar-refractivity contribution in [1.82, 2.24) is 0 Å². The first-order valence-corrected chi connectivity index (χ1v) is 10.4. The minimum Gasteiger partial charge on any atom is -0.319 e. The lowest BCUT2D eigenvalue weighted by Crippen LogP contribution is -2.22. The van der Waals surface area contributed by atoms with Crippen LogP contribution in [0.3, 0.4) is 0 Å². The van der Waals surface area contributed by atoms with Gasteiger partial charge in [0.2, 0.25) is 0 Å². The highest BCUT2D eigenvalue weighted by Crippen LogP contribution is 2.27. The Balaban J connectivity index is 1.86. The number of hydrazone groups is 1. The molecule has 0 atom stereocenters. The van der Waals surface area contributed by atoms with Gasteiger partial charge in [0.15, 0.2) is 0 Å². The molecule has 0 unspecified atom stereocenters. The van der Waals surface area contributed by atoms with Gasteiger partial charge in [0.05, 0.1) is 31.5 Å². The third kappa shape index (κ3) is 6.82. The van der Waals surface area contributed by atoms with Crippen LogP contribution in [-0.4, -0.2) is 11.7 Å². The number of amidine groups is 1. The largest absolute Gasteiger partial charge is 0.319 e. The van der Waals surface area contributed by atoms with Crippen molar-refractivity contribution in [2.75, 3.05) is 10.7 Å². The molecule has 3 aromatic rings. The van der Waals surface area contributed by atoms with E-state index in [1.165, 1.54) is 6.07 Å². The number of rotatable bonds is 4. The molecule has 1 amide bonds. The lowest BCUT2D eigenvalue weighted by atomic mass is 10.3. The van der Waals surface area contributed by atoms with Crippen LogP contribution in [0.5, 0.6) is 0 Å². The summed E-state index contributed by atoms with van der Waals surface area (Å²) in [6.07, 6.45) is 0. The van der Waals surface area contributed by atoms with E-state index < -0.39 is 5.91 Å². The summed E-state index contributed by atoms with van der Waals surface area (Å²) < 4.78 is 0. The third-order valence-corrected chi connectivity index (χ3v) is 5.41. The molecule has 3 rings (SSSR count). The van der Waals surface area contributed by atoms with Gasteiger partial charge in [-0.2, -0.15) is 0 Å². The van der Waals surface area contributed by atoms with Crippen molar-refractivity contribution in [2.24, 2.45) is 15.3 Å². The van der Waals surface area contributed by atoms with Gasteiger partial charge in [0.1, 0.15) is 0 Å². The Morgan fingerprint density at radius 3 is 1.97 bits per heavy atom. The molecule has 0 radical (unpaired) electrons. The van der Waals surface area contributed by atoms with Crippen molar-refractivity contribution in [1.29, 1.82) is 0 Å². The van der Waals surface area contributed by atoms with Crippen LogP contribution in [0.15, 0.2) is 76.0 Å². The number of carbonyl (C=O) groups is 1. The molecule has 0 aliphatic rings. The zero-order valence-corrected chi connectivity index (χ0v) is 19.2. The van der Waals surface area contributed by atoms with Crippen LogP contribution in [0.25, 0.3) is 0 Å². The van der Waals surface area contributed by atoms with Crippen LogP contribution >= 0.6 is 58.0 Å². The maximum atomic E-state index is 12.7. The van der Waals surface area contributed by atoms with E-state index in [4.69, 9.17) is 58.0 Å². The number of nitrogens with one attached hydrogen (secondary N) is 2. The van der Waals surface area contributed by atoms with E-state index in [0.717, 1.165) is 0 Å². The first kappa shape index (κ1) is 23.3. The van der Waals surface area contributed by atoms with Crippen LogP contribution < -0.4 is 10.7 Å². The standard InChI is InChI=1S/C20H12Cl5N5O/c21-11-1-3-12(4-2-11)26-20(31)19(29-27-13-5-7-15(22)17(24)9-13)30-28-14-6-8-16(23)18(25)10-14/h1-10,27H,(H,26,31)/b29-19-,30-28?. The highest BCUT2D eigenvalue weighted by atomic mass is 35.5. The van der Waals surface area contributed by atoms with E-state index in [0.29, 0.717) is 42.2 Å². The molecular weight excluding hydrogens is 504 g/mol. The van der Waals surface area contributed by atoms with Gasteiger partial charge < -0.3 is 5.32 Å². The fourth-order valence-corrected chi connectivity index (χ4v) is 2.89. The van der Waals surface area contributed by atoms with Crippen LogP contribution in [0.2, 0.25) is 25.1 Å². The summed E-state index contributed by atoms with van der Waals surface area (Å²) in [5, 5.41) is 16.6. The number of azo groups is 1. The number of hydrogen-bond acceptors (Lipinski definition) is 4. The summed E-state index contributed by atoms with van der Waals surface area (Å²) in [5.41, 5.74) is 4.09. The molecule has 31 heavy (non-hydrogen) atoms. The zero-order valence-electron chi connectivity index (χ0n) is 15.4. The molecule has 0 saturated carbocycles. The van der Waals surface area contributed by atoms with Gasteiger partial charge in [-0.15, -0.1) is 15.3 Å². The van der Waals surface area contributed by atoms with E-state index >= 15 is 0 Å². The second-order valence-corrected chi connectivity index (χ2v) is 8.00. The number of hydrogen-bond donors (Lipinski definition) is 2. The van der Waals surface area contributed by atoms with Crippen LogP contribution in [-0.2, 0) is 4.79 Å². The Labute approximate surface area is 202 Å². The van der Waals surface area contributed by atoms with Crippen molar-refractivity contribution in [2.45, 2.75) is 0 Å². The van der Waals surface area contributed by atoms with Gasteiger partial charge in [0, 0.05) is 10.7 Å². The maximum absolute atomic E-state index is 12.7. The summed E-state index contributed by atoms with van der Waals surface area (Å²) in [6, 6.07) is 16.0. The summed E-state index contributed by atoms with van der Waals surface area (Å²) in [7, 11) is 0. The van der Waals surface area contributed by atoms with E-state index in [1.54, 1.807) is 54.6 Å². The van der Waals surface area contributed by atoms with Crippen LogP contribution in [0.1, 0.15) is 0 Å². The second kappa shape index (κ2) is 10.8. The Morgan fingerprint density at radius 1 is 0.710 bits per heavy atom. The second-order valence-electron chi connectivity index (χ2n) is 5.94. The molecule has 6 nitrogen and oxygen atoms in total. The van der Waals surface area contributed by atoms with E-state index in [1.807, 2.05) is 0 Å². The van der Waals surface area contributed by atoms with Crippen LogP contribution in [0.4, 0.5) is 17.1 Å². The van der Waals surface area contributed by atoms with E-state index in [2.05, 4.69) is 26.1 Å². The SMILES string of the molecule is O=C(Nc1ccc(Cl)cc1)/C(N=Nc1ccc(Cl)c(Cl)c1)=N/Nc1ccc(Cl)c(Cl)c1. The molecule has 158 valence electrons. The topological polar surface area (TPSA) is 78.2 Å². The highest BCUT2D eigenvalue weighted by Gasteiger charge is 2.13. The average Bonchev–Trinajstić information content (AvgIpc) is 2.74. The van der Waals surface area contributed by atoms with Crippen molar-refractivity contribution >= 4 is 86.8 Å². The lowest BCUT2D eigenvalue weighted by Gasteiger charge is -2.06. The Kier molecular flexibility index (Phi) is 8.12. The fourth-order valence-electron chi connectivity index (χ4n) is 2.17. The molecule has 0 spiro atoms. The van der Waals surface area contributed by atoms with E-state index in [9.17, 15) is 4.79 Å². The van der Waals surface area contributed by atoms with Crippen molar-refractivity contribution in [3.05, 3.63) is 85.8 Å². The minimum absolute atomic E-state index is 0.257. The predicted octanol–water partition coefficient (Wildman–Crippen LogP) is 8.10. The Morgan fingerprint density at radius 2 is 1.32 bits per heavy atom. The van der Waals surface area contributed by atoms with Gasteiger partial charge in [0.25, 0.3) is 11.7 Å². The molecule has 0 saturated heterocycles. The third-order valence-electron chi connectivity index (χ3n) is 3.68. The Bertz CT molecular complexity index is 1170. The predicted molar refractivity (Wildman–Crippen MR) is 129 cm³/mol. The highest BCUT2D eigenvalue weighted by molar-refractivity contribution is 6.43. The number of carbonyl (C=O) groups excluding carboxylic acids is 1. The zero-order chi connectivity index (χ0) is 22.4. The van der Waals surface area contributed by atoms with Crippen LogP contribution in [0, 0.1) is 0 Å². The number of anilines is 2. The quantitative estimate of drug-likeness (QED) is 0.159. The van der Waals surface area contributed by atoms with Gasteiger partial charge >= 0.3 is 0 Å². The van der Waals surface area contributed by atoms with Gasteiger partial charge in [-0.25, -0.2) is 0 Å². The normalized spacial score (nSPS) is 11.6. The Hall–Kier alpha value is -2.35. The first-order chi connectivity index (χ1) is 14.8. The summed E-state index contributed by atoms with van der Waals surface area (Å²) in [6.45, 7) is 0. The first-order valence-electron chi connectivity index (χ1n) is 8.54. The summed E-state index contributed by atoms with van der Waals surface area (Å²) in [5.74, 6) is -0.870. The minimum atomic E-state index is -0.612. The number of amides is 1. The van der Waals surface area contributed by atoms with Gasteiger partial charge in [-0.3, -0.25) is 10.2 Å². The van der Waals surface area contributed by atoms with Gasteiger partial charge in [-0.1, -0.05) is 58.0 Å². The molecule has 0 fully saturated rings. The molecule has 0 aliphatic carbocycles. The summed E-state index contributed by atoms with van der Waals surface area (Å²) in [4.78, 5) is 12.7.